The molecule has 8 heteroatoms. The molecule has 3 heterocycles. The maximum atomic E-state index is 13.1. The highest BCUT2D eigenvalue weighted by Gasteiger charge is 2.28. The van der Waals surface area contributed by atoms with E-state index in [0.717, 1.165) is 11.1 Å². The Morgan fingerprint density at radius 2 is 2.11 bits per heavy atom. The Morgan fingerprint density at radius 1 is 1.30 bits per heavy atom. The number of fused-ring (bicyclic) bond motifs is 1. The number of aliphatic hydroxyl groups is 1. The van der Waals surface area contributed by atoms with Gasteiger partial charge in [0.1, 0.15) is 17.5 Å². The molecule has 0 bridgehead atoms. The van der Waals surface area contributed by atoms with Gasteiger partial charge in [-0.1, -0.05) is 12.1 Å². The highest BCUT2D eigenvalue weighted by molar-refractivity contribution is 5.99. The van der Waals surface area contributed by atoms with Gasteiger partial charge in [0, 0.05) is 25.5 Å². The third kappa shape index (κ3) is 3.54. The predicted octanol–water partition coefficient (Wildman–Crippen LogP) is 1.62. The molecule has 27 heavy (non-hydrogen) atoms. The molecule has 1 aliphatic heterocycles. The molecule has 0 aliphatic carbocycles. The molecule has 0 radical (unpaired) electrons. The number of carbonyl (C=O) groups is 1. The lowest BCUT2D eigenvalue weighted by molar-refractivity contribution is -0.0227. The monoisotopic (exact) mass is 370 g/mol. The predicted molar refractivity (Wildman–Crippen MR) is 94.8 cm³/mol. The summed E-state index contributed by atoms with van der Waals surface area (Å²) in [5.74, 6) is -0.469. The van der Waals surface area contributed by atoms with Crippen molar-refractivity contribution in [2.75, 3.05) is 26.3 Å². The Kier molecular flexibility index (Phi) is 4.83. The zero-order valence-electron chi connectivity index (χ0n) is 14.6. The van der Waals surface area contributed by atoms with Gasteiger partial charge in [-0.25, -0.2) is 13.9 Å². The third-order valence-corrected chi connectivity index (χ3v) is 4.64. The summed E-state index contributed by atoms with van der Waals surface area (Å²) in [4.78, 5) is 19.0. The van der Waals surface area contributed by atoms with E-state index in [4.69, 9.17) is 9.84 Å². The van der Waals surface area contributed by atoms with Crippen LogP contribution in [-0.4, -0.2) is 56.8 Å². The van der Waals surface area contributed by atoms with Gasteiger partial charge in [-0.3, -0.25) is 4.79 Å². The summed E-state index contributed by atoms with van der Waals surface area (Å²) in [5, 5.41) is 13.3. The number of rotatable bonds is 4. The van der Waals surface area contributed by atoms with Crippen LogP contribution in [0.5, 0.6) is 0 Å². The topological polar surface area (TPSA) is 80.0 Å². The van der Waals surface area contributed by atoms with Crippen LogP contribution in [-0.2, 0) is 11.2 Å². The molecule has 2 aromatic heterocycles. The minimum absolute atomic E-state index is 0.0266. The Morgan fingerprint density at radius 3 is 2.89 bits per heavy atom. The van der Waals surface area contributed by atoms with Crippen LogP contribution in [0.1, 0.15) is 27.6 Å². The van der Waals surface area contributed by atoms with Crippen LogP contribution in [0.2, 0.25) is 0 Å². The molecular weight excluding hydrogens is 351 g/mol. The number of hydrogen-bond donors (Lipinski definition) is 1. The van der Waals surface area contributed by atoms with Gasteiger partial charge in [0.15, 0.2) is 5.65 Å². The molecule has 1 N–H and O–H groups in total. The molecule has 1 atom stereocenters. The standard InChI is InChI=1S/C19H19FN4O3/c20-15-3-1-14(2-4-15)17-12-23(6-8-27-17)19(26)16-10-22-24-11-13(5-7-25)9-21-18(16)24/h1-4,9-11,17,25H,5-8,12H2. The maximum absolute atomic E-state index is 13.1. The average molecular weight is 370 g/mol. The second-order valence-corrected chi connectivity index (χ2v) is 6.42. The number of nitrogens with zero attached hydrogens (tertiary/aromatic N) is 4. The largest absolute Gasteiger partial charge is 0.396 e. The highest BCUT2D eigenvalue weighted by Crippen LogP contribution is 2.24. The molecule has 1 aromatic carbocycles. The first kappa shape index (κ1) is 17.6. The lowest BCUT2D eigenvalue weighted by Gasteiger charge is -2.33. The van der Waals surface area contributed by atoms with Gasteiger partial charge in [-0.15, -0.1) is 0 Å². The van der Waals surface area contributed by atoms with Crippen molar-refractivity contribution in [1.82, 2.24) is 19.5 Å². The lowest BCUT2D eigenvalue weighted by Crippen LogP contribution is -2.42. The Balaban J connectivity index is 1.55. The molecular formula is C19H19FN4O3. The van der Waals surface area contributed by atoms with Gasteiger partial charge in [0.25, 0.3) is 5.91 Å². The quantitative estimate of drug-likeness (QED) is 0.755. The fourth-order valence-electron chi connectivity index (χ4n) is 3.21. The lowest BCUT2D eigenvalue weighted by atomic mass is 10.1. The maximum Gasteiger partial charge on any atom is 0.259 e. The number of amides is 1. The molecule has 4 rings (SSSR count). The number of aromatic nitrogens is 3. The minimum Gasteiger partial charge on any atom is -0.396 e. The van der Waals surface area contributed by atoms with Gasteiger partial charge in [0.05, 0.1) is 19.3 Å². The smallest absolute Gasteiger partial charge is 0.259 e. The highest BCUT2D eigenvalue weighted by atomic mass is 19.1. The summed E-state index contributed by atoms with van der Waals surface area (Å²) >= 11 is 0. The molecule has 1 saturated heterocycles. The summed E-state index contributed by atoms with van der Waals surface area (Å²) in [6.07, 6.45) is 5.10. The van der Waals surface area contributed by atoms with Crippen molar-refractivity contribution >= 4 is 11.6 Å². The summed E-state index contributed by atoms with van der Waals surface area (Å²) in [5.41, 5.74) is 2.58. The number of benzene rings is 1. The van der Waals surface area contributed by atoms with Crippen LogP contribution < -0.4 is 0 Å². The van der Waals surface area contributed by atoms with E-state index in [1.54, 1.807) is 33.9 Å². The molecule has 7 nitrogen and oxygen atoms in total. The van der Waals surface area contributed by atoms with Crippen molar-refractivity contribution in [3.05, 3.63) is 65.4 Å². The summed E-state index contributed by atoms with van der Waals surface area (Å²) < 4.78 is 20.4. The zero-order chi connectivity index (χ0) is 18.8. The zero-order valence-corrected chi connectivity index (χ0v) is 14.6. The van der Waals surface area contributed by atoms with E-state index >= 15 is 0 Å². The first-order valence-electron chi connectivity index (χ1n) is 8.75. The second kappa shape index (κ2) is 7.42. The fourth-order valence-corrected chi connectivity index (χ4v) is 3.21. The molecule has 1 unspecified atom stereocenters. The average Bonchev–Trinajstić information content (AvgIpc) is 3.11. The van der Waals surface area contributed by atoms with Gasteiger partial charge >= 0.3 is 0 Å². The van der Waals surface area contributed by atoms with Crippen LogP contribution in [0, 0.1) is 5.82 Å². The van der Waals surface area contributed by atoms with Crippen molar-refractivity contribution in [1.29, 1.82) is 0 Å². The van der Waals surface area contributed by atoms with Crippen LogP contribution in [0.4, 0.5) is 4.39 Å². The minimum atomic E-state index is -0.305. The van der Waals surface area contributed by atoms with E-state index < -0.39 is 0 Å². The van der Waals surface area contributed by atoms with Crippen molar-refractivity contribution in [2.24, 2.45) is 0 Å². The Hall–Kier alpha value is -2.84. The second-order valence-electron chi connectivity index (χ2n) is 6.42. The van der Waals surface area contributed by atoms with Crippen molar-refractivity contribution < 1.29 is 19.0 Å². The van der Waals surface area contributed by atoms with Crippen LogP contribution >= 0.6 is 0 Å². The molecule has 0 saturated carbocycles. The van der Waals surface area contributed by atoms with Crippen molar-refractivity contribution in [2.45, 2.75) is 12.5 Å². The van der Waals surface area contributed by atoms with Crippen molar-refractivity contribution in [3.63, 3.8) is 0 Å². The molecule has 1 aliphatic rings. The van der Waals surface area contributed by atoms with Crippen LogP contribution in [0.25, 0.3) is 5.65 Å². The van der Waals surface area contributed by atoms with E-state index in [1.165, 1.54) is 18.3 Å². The molecule has 3 aromatic rings. The van der Waals surface area contributed by atoms with E-state index in [9.17, 15) is 9.18 Å². The number of ether oxygens (including phenoxy) is 1. The van der Waals surface area contributed by atoms with E-state index in [2.05, 4.69) is 10.1 Å². The SMILES string of the molecule is O=C(c1cnn2cc(CCO)cnc12)N1CCOC(c2ccc(F)cc2)C1. The van der Waals surface area contributed by atoms with Crippen LogP contribution in [0.3, 0.4) is 0 Å². The molecule has 140 valence electrons. The number of aliphatic hydroxyl groups excluding tert-OH is 1. The van der Waals surface area contributed by atoms with E-state index in [-0.39, 0.29) is 24.4 Å². The van der Waals surface area contributed by atoms with Crippen LogP contribution in [0.15, 0.2) is 42.9 Å². The van der Waals surface area contributed by atoms with Crippen molar-refractivity contribution in [3.8, 4) is 0 Å². The Labute approximate surface area is 155 Å². The number of hydrogen-bond acceptors (Lipinski definition) is 5. The van der Waals surface area contributed by atoms with Gasteiger partial charge < -0.3 is 14.7 Å². The third-order valence-electron chi connectivity index (χ3n) is 4.64. The number of halogens is 1. The normalized spacial score (nSPS) is 17.4. The first-order chi connectivity index (χ1) is 13.2. The molecule has 1 amide bonds. The Bertz CT molecular complexity index is 957. The van der Waals surface area contributed by atoms with Gasteiger partial charge in [-0.05, 0) is 29.7 Å². The van der Waals surface area contributed by atoms with Gasteiger partial charge in [0.2, 0.25) is 0 Å². The van der Waals surface area contributed by atoms with Gasteiger partial charge in [-0.2, -0.15) is 5.10 Å². The number of morpholine rings is 1. The molecule has 0 spiro atoms. The number of carbonyl (C=O) groups excluding carboxylic acids is 1. The van der Waals surface area contributed by atoms with E-state index in [1.807, 2.05) is 0 Å². The first-order valence-corrected chi connectivity index (χ1v) is 8.75. The summed E-state index contributed by atoms with van der Waals surface area (Å²) in [7, 11) is 0. The summed E-state index contributed by atoms with van der Waals surface area (Å²) in [6, 6.07) is 6.12. The fraction of sp³-hybridized carbons (Fsp3) is 0.316. The van der Waals surface area contributed by atoms with E-state index in [0.29, 0.717) is 37.3 Å². The summed E-state index contributed by atoms with van der Waals surface area (Å²) in [6.45, 7) is 1.28. The molecule has 1 fully saturated rings.